The summed E-state index contributed by atoms with van der Waals surface area (Å²) in [6.07, 6.45) is 3.37. The Morgan fingerprint density at radius 3 is 2.69 bits per heavy atom. The maximum Gasteiger partial charge on any atom is 0.230 e. The molecule has 128 valence electrons. The van der Waals surface area contributed by atoms with Crippen LogP contribution in [0.1, 0.15) is 27.4 Å². The third-order valence-electron chi connectivity index (χ3n) is 4.47. The molecule has 0 aliphatic carbocycles. The topological polar surface area (TPSA) is 73.6 Å². The summed E-state index contributed by atoms with van der Waals surface area (Å²) in [6, 6.07) is 15.6. The predicted octanol–water partition coefficient (Wildman–Crippen LogP) is 4.23. The molecule has 4 aromatic rings. The minimum Gasteiger partial charge on any atom is -0.388 e. The summed E-state index contributed by atoms with van der Waals surface area (Å²) in [6.45, 7) is 4.16. The van der Waals surface area contributed by atoms with Crippen LogP contribution in [0, 0.1) is 0 Å². The molecule has 0 saturated heterocycles. The second-order valence-corrected chi connectivity index (χ2v) is 6.00. The van der Waals surface area contributed by atoms with Gasteiger partial charge in [0.1, 0.15) is 0 Å². The summed E-state index contributed by atoms with van der Waals surface area (Å²) in [5.74, 6) is 0.149. The van der Waals surface area contributed by atoms with Crippen LogP contribution >= 0.6 is 0 Å². The van der Waals surface area contributed by atoms with Gasteiger partial charge in [-0.1, -0.05) is 43.0 Å². The molecule has 0 radical (unpaired) electrons. The molecule has 5 heteroatoms. The lowest BCUT2D eigenvalue weighted by atomic mass is 10.0. The molecule has 5 nitrogen and oxygen atoms in total. The maximum atomic E-state index is 12.9. The van der Waals surface area contributed by atoms with Crippen LogP contribution in [-0.4, -0.2) is 27.8 Å². The fourth-order valence-electron chi connectivity index (χ4n) is 3.09. The molecule has 0 spiro atoms. The van der Waals surface area contributed by atoms with Crippen LogP contribution in [0.2, 0.25) is 0 Å². The van der Waals surface area contributed by atoms with E-state index in [0.717, 1.165) is 33.4 Å². The van der Waals surface area contributed by atoms with Gasteiger partial charge in [0.05, 0.1) is 17.5 Å². The van der Waals surface area contributed by atoms with Gasteiger partial charge < -0.3 is 15.3 Å². The number of benzene rings is 2. The Bertz CT molecular complexity index is 1120. The first-order valence-corrected chi connectivity index (χ1v) is 8.31. The Labute approximate surface area is 150 Å². The number of H-pyrrole nitrogens is 2. The van der Waals surface area contributed by atoms with Crippen LogP contribution in [0.3, 0.4) is 0 Å². The number of aromatic nitrogens is 3. The number of para-hydroxylation sites is 2. The highest BCUT2D eigenvalue weighted by atomic mass is 16.1. The molecule has 0 fully saturated rings. The van der Waals surface area contributed by atoms with Crippen molar-refractivity contribution in [1.82, 2.24) is 15.0 Å². The van der Waals surface area contributed by atoms with Crippen molar-refractivity contribution in [3.8, 4) is 0 Å². The van der Waals surface area contributed by atoms with Gasteiger partial charge in [-0.3, -0.25) is 4.79 Å². The zero-order valence-corrected chi connectivity index (χ0v) is 14.3. The van der Waals surface area contributed by atoms with Crippen molar-refractivity contribution in [2.75, 3.05) is 12.4 Å². The lowest BCUT2D eigenvalue weighted by molar-refractivity contribution is 0.103. The second kappa shape index (κ2) is 6.37. The summed E-state index contributed by atoms with van der Waals surface area (Å²) in [4.78, 5) is 23.4. The number of nitrogens with one attached hydrogen (secondary N) is 3. The normalized spacial score (nSPS) is 10.8. The standard InChI is InChI=1S/C21H18N4O/c1-13(14-7-3-5-9-17(14)22-2)19-12-24-21(25-19)20(26)16-11-23-18-10-6-4-8-15(16)18/h3-12,22-23H,1H2,2H3,(H,24,25). The van der Waals surface area contributed by atoms with Gasteiger partial charge >= 0.3 is 0 Å². The lowest BCUT2D eigenvalue weighted by Crippen LogP contribution is -2.03. The number of aromatic amines is 2. The number of ketones is 1. The van der Waals surface area contributed by atoms with Crippen LogP contribution in [0.25, 0.3) is 16.5 Å². The van der Waals surface area contributed by atoms with Crippen molar-refractivity contribution >= 4 is 27.9 Å². The zero-order valence-electron chi connectivity index (χ0n) is 14.3. The number of hydrogen-bond acceptors (Lipinski definition) is 3. The van der Waals surface area contributed by atoms with Gasteiger partial charge in [-0.05, 0) is 12.1 Å². The minimum absolute atomic E-state index is 0.150. The molecule has 0 bridgehead atoms. The number of hydrogen-bond donors (Lipinski definition) is 3. The van der Waals surface area contributed by atoms with Gasteiger partial charge in [0, 0.05) is 41.0 Å². The van der Waals surface area contributed by atoms with E-state index in [1.165, 1.54) is 0 Å². The summed E-state index contributed by atoms with van der Waals surface area (Å²) >= 11 is 0. The Morgan fingerprint density at radius 1 is 1.08 bits per heavy atom. The highest BCUT2D eigenvalue weighted by Crippen LogP contribution is 2.27. The first-order chi connectivity index (χ1) is 12.7. The number of carbonyl (C=O) groups is 1. The van der Waals surface area contributed by atoms with E-state index in [1.54, 1.807) is 12.4 Å². The van der Waals surface area contributed by atoms with Gasteiger partial charge in [0.25, 0.3) is 0 Å². The van der Waals surface area contributed by atoms with Crippen molar-refractivity contribution in [2.24, 2.45) is 0 Å². The van der Waals surface area contributed by atoms with Gasteiger partial charge in [0.2, 0.25) is 5.78 Å². The zero-order chi connectivity index (χ0) is 18.1. The maximum absolute atomic E-state index is 12.9. The average molecular weight is 342 g/mol. The molecule has 0 unspecified atom stereocenters. The molecule has 0 saturated carbocycles. The van der Waals surface area contributed by atoms with Crippen molar-refractivity contribution in [3.05, 3.63) is 90.1 Å². The number of imidazole rings is 1. The summed E-state index contributed by atoms with van der Waals surface area (Å²) < 4.78 is 0. The summed E-state index contributed by atoms with van der Waals surface area (Å²) in [5.41, 5.74) is 4.95. The molecule has 2 aromatic heterocycles. The monoisotopic (exact) mass is 342 g/mol. The largest absolute Gasteiger partial charge is 0.388 e. The number of rotatable bonds is 5. The molecule has 0 aliphatic rings. The van der Waals surface area contributed by atoms with E-state index in [9.17, 15) is 4.79 Å². The summed E-state index contributed by atoms with van der Waals surface area (Å²) in [7, 11) is 1.87. The fraction of sp³-hybridized carbons (Fsp3) is 0.0476. The smallest absolute Gasteiger partial charge is 0.230 e. The molecule has 0 atom stereocenters. The molecule has 4 rings (SSSR count). The first kappa shape index (κ1) is 15.9. The lowest BCUT2D eigenvalue weighted by Gasteiger charge is -2.10. The number of anilines is 1. The minimum atomic E-state index is -0.150. The SMILES string of the molecule is C=C(c1cnc(C(=O)c2c[nH]c3ccccc23)[nH]1)c1ccccc1NC. The highest BCUT2D eigenvalue weighted by Gasteiger charge is 2.18. The van der Waals surface area contributed by atoms with E-state index in [4.69, 9.17) is 0 Å². The van der Waals surface area contributed by atoms with Crippen LogP contribution in [0.15, 0.2) is 67.5 Å². The van der Waals surface area contributed by atoms with Gasteiger partial charge in [0.15, 0.2) is 5.82 Å². The van der Waals surface area contributed by atoms with Crippen molar-refractivity contribution in [1.29, 1.82) is 0 Å². The predicted molar refractivity (Wildman–Crippen MR) is 104 cm³/mol. The van der Waals surface area contributed by atoms with E-state index >= 15 is 0 Å². The average Bonchev–Trinajstić information content (AvgIpc) is 3.34. The molecular formula is C21H18N4O. The third-order valence-corrected chi connectivity index (χ3v) is 4.47. The molecule has 0 amide bonds. The van der Waals surface area contributed by atoms with E-state index in [-0.39, 0.29) is 5.78 Å². The Balaban J connectivity index is 1.68. The van der Waals surface area contributed by atoms with E-state index in [0.29, 0.717) is 11.4 Å². The molecule has 2 heterocycles. The third kappa shape index (κ3) is 2.59. The Kier molecular flexibility index (Phi) is 3.89. The molecule has 26 heavy (non-hydrogen) atoms. The summed E-state index contributed by atoms with van der Waals surface area (Å²) in [5, 5.41) is 4.04. The van der Waals surface area contributed by atoms with Crippen molar-refractivity contribution in [3.63, 3.8) is 0 Å². The van der Waals surface area contributed by atoms with Crippen molar-refractivity contribution < 1.29 is 4.79 Å². The van der Waals surface area contributed by atoms with Gasteiger partial charge in [-0.2, -0.15) is 0 Å². The molecule has 3 N–H and O–H groups in total. The van der Waals surface area contributed by atoms with E-state index in [1.807, 2.05) is 55.6 Å². The fourth-order valence-corrected chi connectivity index (χ4v) is 3.09. The number of fused-ring (bicyclic) bond motifs is 1. The Morgan fingerprint density at radius 2 is 1.85 bits per heavy atom. The van der Waals surface area contributed by atoms with Crippen LogP contribution in [0.5, 0.6) is 0 Å². The van der Waals surface area contributed by atoms with Gasteiger partial charge in [-0.15, -0.1) is 0 Å². The van der Waals surface area contributed by atoms with Crippen molar-refractivity contribution in [2.45, 2.75) is 0 Å². The molecule has 0 aliphatic heterocycles. The van der Waals surface area contributed by atoms with E-state index < -0.39 is 0 Å². The van der Waals surface area contributed by atoms with Crippen LogP contribution in [0.4, 0.5) is 5.69 Å². The quantitative estimate of drug-likeness (QED) is 0.475. The number of carbonyl (C=O) groups excluding carboxylic acids is 1. The second-order valence-electron chi connectivity index (χ2n) is 6.00. The molecule has 2 aromatic carbocycles. The van der Waals surface area contributed by atoms with Crippen LogP contribution in [-0.2, 0) is 0 Å². The van der Waals surface area contributed by atoms with Gasteiger partial charge in [-0.25, -0.2) is 4.98 Å². The van der Waals surface area contributed by atoms with Crippen LogP contribution < -0.4 is 5.32 Å². The van der Waals surface area contributed by atoms with E-state index in [2.05, 4.69) is 26.8 Å². The Hall–Kier alpha value is -3.60. The molecular weight excluding hydrogens is 324 g/mol. The highest BCUT2D eigenvalue weighted by molar-refractivity contribution is 6.14. The first-order valence-electron chi connectivity index (χ1n) is 8.31. The number of nitrogens with zero attached hydrogens (tertiary/aromatic N) is 1.